The predicted octanol–water partition coefficient (Wildman–Crippen LogP) is 2.77. The molecule has 3 heterocycles. The molecule has 0 bridgehead atoms. The van der Waals surface area contributed by atoms with Gasteiger partial charge in [-0.1, -0.05) is 0 Å². The SMILES string of the molecule is CNC(=O)c1cnc(NC(=O)C2CC2)cc1Nc1cn(C)c2ccn(C(C)C)c(=O)c12. The number of aromatic nitrogens is 3. The molecule has 9 nitrogen and oxygen atoms in total. The highest BCUT2D eigenvalue weighted by Crippen LogP contribution is 2.32. The summed E-state index contributed by atoms with van der Waals surface area (Å²) in [6.45, 7) is 3.90. The highest BCUT2D eigenvalue weighted by atomic mass is 16.2. The summed E-state index contributed by atoms with van der Waals surface area (Å²) in [4.78, 5) is 41.9. The van der Waals surface area contributed by atoms with E-state index < -0.39 is 0 Å². The van der Waals surface area contributed by atoms with Crippen LogP contribution in [0.3, 0.4) is 0 Å². The lowest BCUT2D eigenvalue weighted by Crippen LogP contribution is -2.22. The molecule has 9 heteroatoms. The number of anilines is 3. The summed E-state index contributed by atoms with van der Waals surface area (Å²) in [5, 5.41) is 9.16. The Labute approximate surface area is 179 Å². The van der Waals surface area contributed by atoms with Crippen molar-refractivity contribution in [3.05, 3.63) is 46.6 Å². The minimum absolute atomic E-state index is 0.0107. The van der Waals surface area contributed by atoms with Gasteiger partial charge in [-0.2, -0.15) is 0 Å². The van der Waals surface area contributed by atoms with Crippen LogP contribution in [0, 0.1) is 5.92 Å². The Morgan fingerprint density at radius 1 is 1.23 bits per heavy atom. The molecule has 0 saturated heterocycles. The number of amides is 2. The van der Waals surface area contributed by atoms with Crippen LogP contribution in [-0.4, -0.2) is 33.0 Å². The highest BCUT2D eigenvalue weighted by Gasteiger charge is 2.30. The number of nitrogens with one attached hydrogen (secondary N) is 3. The van der Waals surface area contributed by atoms with Gasteiger partial charge in [-0.15, -0.1) is 0 Å². The molecule has 1 fully saturated rings. The van der Waals surface area contributed by atoms with Gasteiger partial charge >= 0.3 is 0 Å². The minimum Gasteiger partial charge on any atom is -0.355 e. The Kier molecular flexibility index (Phi) is 5.26. The van der Waals surface area contributed by atoms with E-state index in [1.165, 1.54) is 13.2 Å². The van der Waals surface area contributed by atoms with Crippen LogP contribution in [0.2, 0.25) is 0 Å². The molecular formula is C22H26N6O3. The van der Waals surface area contributed by atoms with Gasteiger partial charge in [-0.05, 0) is 32.8 Å². The largest absolute Gasteiger partial charge is 0.355 e. The van der Waals surface area contributed by atoms with Crippen LogP contribution in [0.25, 0.3) is 10.9 Å². The van der Waals surface area contributed by atoms with E-state index in [2.05, 4.69) is 20.9 Å². The molecule has 3 aromatic rings. The summed E-state index contributed by atoms with van der Waals surface area (Å²) in [6.07, 6.45) is 6.78. The van der Waals surface area contributed by atoms with Crippen LogP contribution in [0.4, 0.5) is 17.2 Å². The van der Waals surface area contributed by atoms with E-state index in [4.69, 9.17) is 0 Å². The fourth-order valence-electron chi connectivity index (χ4n) is 3.58. The Balaban J connectivity index is 1.79. The van der Waals surface area contributed by atoms with Gasteiger partial charge in [0.15, 0.2) is 0 Å². The maximum Gasteiger partial charge on any atom is 0.262 e. The van der Waals surface area contributed by atoms with E-state index in [1.54, 1.807) is 16.8 Å². The van der Waals surface area contributed by atoms with Crippen LogP contribution >= 0.6 is 0 Å². The van der Waals surface area contributed by atoms with Crippen LogP contribution in [0.1, 0.15) is 43.1 Å². The van der Waals surface area contributed by atoms with Crippen LogP contribution < -0.4 is 21.5 Å². The third-order valence-electron chi connectivity index (χ3n) is 5.47. The van der Waals surface area contributed by atoms with Crippen molar-refractivity contribution in [2.24, 2.45) is 13.0 Å². The topological polar surface area (TPSA) is 110 Å². The number of hydrogen-bond donors (Lipinski definition) is 3. The average molecular weight is 422 g/mol. The van der Waals surface area contributed by atoms with Crippen LogP contribution in [0.5, 0.6) is 0 Å². The van der Waals surface area contributed by atoms with Gasteiger partial charge in [-0.25, -0.2) is 4.98 Å². The Morgan fingerprint density at radius 2 is 1.97 bits per heavy atom. The molecule has 1 aliphatic carbocycles. The standard InChI is InChI=1S/C22H26N6O3/c1-12(2)28-8-7-17-19(22(28)31)16(11-27(17)4)25-15-9-18(26-20(29)13-5-6-13)24-10-14(15)21(30)23-3/h7-13H,5-6H2,1-4H3,(H,23,30)(H2,24,25,26,29). The number of hydrogen-bond acceptors (Lipinski definition) is 5. The molecule has 31 heavy (non-hydrogen) atoms. The summed E-state index contributed by atoms with van der Waals surface area (Å²) >= 11 is 0. The first-order chi connectivity index (χ1) is 14.8. The molecule has 0 spiro atoms. The van der Waals surface area contributed by atoms with E-state index in [0.29, 0.717) is 28.1 Å². The molecule has 3 aromatic heterocycles. The molecule has 4 rings (SSSR count). The fraction of sp³-hybridized carbons (Fsp3) is 0.364. The number of nitrogens with zero attached hydrogens (tertiary/aromatic N) is 3. The maximum absolute atomic E-state index is 13.1. The lowest BCUT2D eigenvalue weighted by molar-refractivity contribution is -0.117. The smallest absolute Gasteiger partial charge is 0.262 e. The highest BCUT2D eigenvalue weighted by molar-refractivity contribution is 6.03. The zero-order valence-corrected chi connectivity index (χ0v) is 18.0. The van der Waals surface area contributed by atoms with E-state index in [1.807, 2.05) is 37.7 Å². The summed E-state index contributed by atoms with van der Waals surface area (Å²) in [5.41, 5.74) is 2.00. The molecule has 0 aliphatic heterocycles. The summed E-state index contributed by atoms with van der Waals surface area (Å²) < 4.78 is 3.53. The third kappa shape index (κ3) is 3.90. The van der Waals surface area contributed by atoms with E-state index >= 15 is 0 Å². The van der Waals surface area contributed by atoms with E-state index in [-0.39, 0.29) is 29.3 Å². The van der Waals surface area contributed by atoms with Gasteiger partial charge < -0.3 is 25.1 Å². The number of carbonyl (C=O) groups is 2. The summed E-state index contributed by atoms with van der Waals surface area (Å²) in [7, 11) is 3.40. The van der Waals surface area contributed by atoms with Crippen LogP contribution in [0.15, 0.2) is 35.5 Å². The van der Waals surface area contributed by atoms with Crippen molar-refractivity contribution in [3.63, 3.8) is 0 Å². The zero-order valence-electron chi connectivity index (χ0n) is 18.0. The number of aryl methyl sites for hydroxylation is 1. The molecule has 2 amide bonds. The number of carbonyl (C=O) groups excluding carboxylic acids is 2. The second-order valence-electron chi connectivity index (χ2n) is 8.12. The van der Waals surface area contributed by atoms with Crippen LogP contribution in [-0.2, 0) is 11.8 Å². The molecule has 0 unspecified atom stereocenters. The number of fused-ring (bicyclic) bond motifs is 1. The number of rotatable bonds is 6. The molecule has 162 valence electrons. The quantitative estimate of drug-likeness (QED) is 0.566. The first-order valence-corrected chi connectivity index (χ1v) is 10.3. The lowest BCUT2D eigenvalue weighted by atomic mass is 10.2. The van der Waals surface area contributed by atoms with E-state index in [0.717, 1.165) is 18.4 Å². The monoisotopic (exact) mass is 422 g/mol. The fourth-order valence-corrected chi connectivity index (χ4v) is 3.58. The molecular weight excluding hydrogens is 396 g/mol. The Hall–Kier alpha value is -3.62. The summed E-state index contributed by atoms with van der Waals surface area (Å²) in [5.74, 6) is -0.0118. The average Bonchev–Trinajstić information content (AvgIpc) is 3.53. The minimum atomic E-state index is -0.324. The van der Waals surface area contributed by atoms with Crippen molar-refractivity contribution in [3.8, 4) is 0 Å². The lowest BCUT2D eigenvalue weighted by Gasteiger charge is -2.13. The summed E-state index contributed by atoms with van der Waals surface area (Å²) in [6, 6.07) is 3.53. The van der Waals surface area contributed by atoms with Crippen molar-refractivity contribution in [2.45, 2.75) is 32.7 Å². The van der Waals surface area contributed by atoms with Crippen molar-refractivity contribution < 1.29 is 9.59 Å². The van der Waals surface area contributed by atoms with Gasteiger partial charge in [0.1, 0.15) is 5.82 Å². The van der Waals surface area contributed by atoms with Gasteiger partial charge in [0, 0.05) is 50.7 Å². The van der Waals surface area contributed by atoms with Crippen molar-refractivity contribution in [1.29, 1.82) is 0 Å². The first-order valence-electron chi connectivity index (χ1n) is 10.3. The predicted molar refractivity (Wildman–Crippen MR) is 120 cm³/mol. The van der Waals surface area contributed by atoms with Crippen molar-refractivity contribution in [2.75, 3.05) is 17.7 Å². The maximum atomic E-state index is 13.1. The molecule has 0 aromatic carbocycles. The zero-order chi connectivity index (χ0) is 22.3. The van der Waals surface area contributed by atoms with Gasteiger partial charge in [0.2, 0.25) is 5.91 Å². The second kappa shape index (κ2) is 7.90. The third-order valence-corrected chi connectivity index (χ3v) is 5.47. The van der Waals surface area contributed by atoms with Crippen molar-refractivity contribution >= 4 is 39.9 Å². The normalized spacial score (nSPS) is 13.5. The Morgan fingerprint density at radius 3 is 2.61 bits per heavy atom. The first kappa shape index (κ1) is 20.6. The second-order valence-corrected chi connectivity index (χ2v) is 8.12. The van der Waals surface area contributed by atoms with Crippen molar-refractivity contribution in [1.82, 2.24) is 19.4 Å². The molecule has 1 saturated carbocycles. The van der Waals surface area contributed by atoms with Gasteiger partial charge in [0.05, 0.1) is 27.8 Å². The van der Waals surface area contributed by atoms with E-state index in [9.17, 15) is 14.4 Å². The molecule has 0 atom stereocenters. The molecule has 1 aliphatic rings. The van der Waals surface area contributed by atoms with Gasteiger partial charge in [-0.3, -0.25) is 14.4 Å². The Bertz CT molecular complexity index is 1240. The number of pyridine rings is 2. The molecule has 3 N–H and O–H groups in total. The molecule has 0 radical (unpaired) electrons. The van der Waals surface area contributed by atoms with Gasteiger partial charge in [0.25, 0.3) is 11.5 Å².